The summed E-state index contributed by atoms with van der Waals surface area (Å²) >= 11 is 0. The Bertz CT molecular complexity index is 746. The molecule has 0 fully saturated rings. The highest BCUT2D eigenvalue weighted by molar-refractivity contribution is 5.76. The molecule has 53 heavy (non-hydrogen) atoms. The Morgan fingerprint density at radius 1 is 0.453 bits per heavy atom. The molecule has 0 bridgehead atoms. The summed E-state index contributed by atoms with van der Waals surface area (Å²) in [5, 5.41) is 42.0. The van der Waals surface area contributed by atoms with Crippen molar-refractivity contribution >= 4 is 5.91 Å². The molecule has 0 aromatic heterocycles. The van der Waals surface area contributed by atoms with Crippen LogP contribution in [0.3, 0.4) is 0 Å². The van der Waals surface area contributed by atoms with E-state index in [2.05, 4.69) is 12.2 Å². The number of carbonyl (C=O) groups excluding carboxylic acids is 1. The minimum absolute atomic E-state index is 0.128. The van der Waals surface area contributed by atoms with Crippen molar-refractivity contribution in [2.75, 3.05) is 13.2 Å². The molecular weight excluding hydrogens is 659 g/mol. The van der Waals surface area contributed by atoms with Crippen LogP contribution < -0.4 is 5.32 Å². The third kappa shape index (κ3) is 40.5. The standard InChI is InChI=1S/C47H93NO5/c1-2-3-4-5-6-7-26-29-32-35-38-44(51)40-41-46(52)45(43-50)48-47(53)39-36-33-30-27-24-22-20-18-16-14-12-10-8-9-11-13-15-17-19-21-23-25-28-31-34-37-42-49/h40-41,44-46,49-52H,2-39,42-43H2,1H3,(H,48,53)/b41-40+/t44-,45+,46-/m1/s1. The molecule has 0 aliphatic carbocycles. The molecule has 1 amide bonds. The zero-order chi connectivity index (χ0) is 38.7. The first-order valence-corrected chi connectivity index (χ1v) is 23.6. The fourth-order valence-corrected chi connectivity index (χ4v) is 7.47. The van der Waals surface area contributed by atoms with Gasteiger partial charge in [-0.25, -0.2) is 0 Å². The SMILES string of the molecule is CCCCCCCCCCCC[C@@H](O)/C=C/[C@@H](O)[C@H](CO)NC(=O)CCCCCCCCCCCCCCCCCCCCCCCCCCCCO. The molecule has 316 valence electrons. The van der Waals surface area contributed by atoms with Gasteiger partial charge in [-0.3, -0.25) is 4.79 Å². The summed E-state index contributed by atoms with van der Waals surface area (Å²) in [7, 11) is 0. The molecule has 6 heteroatoms. The van der Waals surface area contributed by atoms with Gasteiger partial charge in [-0.15, -0.1) is 0 Å². The van der Waals surface area contributed by atoms with Crippen molar-refractivity contribution in [2.45, 2.75) is 269 Å². The Kier molecular flexibility index (Phi) is 43.0. The molecule has 0 unspecified atom stereocenters. The lowest BCUT2D eigenvalue weighted by molar-refractivity contribution is -0.123. The van der Waals surface area contributed by atoms with Gasteiger partial charge in [0, 0.05) is 13.0 Å². The Morgan fingerprint density at radius 2 is 0.774 bits per heavy atom. The monoisotopic (exact) mass is 752 g/mol. The first-order chi connectivity index (χ1) is 26.0. The largest absolute Gasteiger partial charge is 0.396 e. The lowest BCUT2D eigenvalue weighted by Crippen LogP contribution is -2.45. The minimum atomic E-state index is -1.01. The van der Waals surface area contributed by atoms with Crippen molar-refractivity contribution in [2.24, 2.45) is 0 Å². The molecule has 0 spiro atoms. The molecule has 0 aromatic rings. The van der Waals surface area contributed by atoms with Crippen LogP contribution in [-0.2, 0) is 4.79 Å². The second-order valence-electron chi connectivity index (χ2n) is 16.4. The molecule has 0 aliphatic rings. The van der Waals surface area contributed by atoms with E-state index in [1.807, 2.05) is 0 Å². The van der Waals surface area contributed by atoms with Gasteiger partial charge < -0.3 is 25.7 Å². The molecule has 0 aromatic carbocycles. The van der Waals surface area contributed by atoms with E-state index in [1.54, 1.807) is 6.08 Å². The zero-order valence-electron chi connectivity index (χ0n) is 35.4. The van der Waals surface area contributed by atoms with E-state index < -0.39 is 18.2 Å². The number of amides is 1. The van der Waals surface area contributed by atoms with Gasteiger partial charge in [0.25, 0.3) is 0 Å². The number of aliphatic hydroxyl groups excluding tert-OH is 4. The van der Waals surface area contributed by atoms with Crippen molar-refractivity contribution in [1.29, 1.82) is 0 Å². The van der Waals surface area contributed by atoms with Crippen LogP contribution in [-0.4, -0.2) is 57.8 Å². The maximum absolute atomic E-state index is 12.4. The highest BCUT2D eigenvalue weighted by Gasteiger charge is 2.18. The van der Waals surface area contributed by atoms with Gasteiger partial charge in [0.15, 0.2) is 0 Å². The third-order valence-corrected chi connectivity index (χ3v) is 11.2. The van der Waals surface area contributed by atoms with Crippen molar-refractivity contribution in [1.82, 2.24) is 5.32 Å². The first kappa shape index (κ1) is 52.0. The summed E-state index contributed by atoms with van der Waals surface area (Å²) in [6.45, 7) is 2.27. The normalized spacial score (nSPS) is 13.5. The van der Waals surface area contributed by atoms with E-state index in [4.69, 9.17) is 5.11 Å². The van der Waals surface area contributed by atoms with E-state index >= 15 is 0 Å². The van der Waals surface area contributed by atoms with Crippen LogP contribution in [0.25, 0.3) is 0 Å². The van der Waals surface area contributed by atoms with Gasteiger partial charge >= 0.3 is 0 Å². The number of nitrogens with one attached hydrogen (secondary N) is 1. The van der Waals surface area contributed by atoms with Crippen LogP contribution in [0.1, 0.15) is 251 Å². The van der Waals surface area contributed by atoms with Crippen LogP contribution in [0.5, 0.6) is 0 Å². The average molecular weight is 752 g/mol. The molecular formula is C47H93NO5. The van der Waals surface area contributed by atoms with Crippen LogP contribution in [0.2, 0.25) is 0 Å². The van der Waals surface area contributed by atoms with Gasteiger partial charge in [0.1, 0.15) is 0 Å². The van der Waals surface area contributed by atoms with E-state index in [0.717, 1.165) is 38.5 Å². The number of unbranched alkanes of at least 4 members (excludes halogenated alkanes) is 34. The highest BCUT2D eigenvalue weighted by Crippen LogP contribution is 2.17. The van der Waals surface area contributed by atoms with Gasteiger partial charge in [-0.05, 0) is 19.3 Å². The Labute approximate surface area is 330 Å². The van der Waals surface area contributed by atoms with Gasteiger partial charge in [-0.1, -0.05) is 237 Å². The van der Waals surface area contributed by atoms with E-state index in [-0.39, 0.29) is 12.5 Å². The second-order valence-corrected chi connectivity index (χ2v) is 16.4. The van der Waals surface area contributed by atoms with Crippen molar-refractivity contribution in [3.8, 4) is 0 Å². The smallest absolute Gasteiger partial charge is 0.220 e. The third-order valence-electron chi connectivity index (χ3n) is 11.2. The molecule has 0 aliphatic heterocycles. The average Bonchev–Trinajstić information content (AvgIpc) is 3.16. The summed E-state index contributed by atoms with van der Waals surface area (Å²) < 4.78 is 0. The summed E-state index contributed by atoms with van der Waals surface area (Å²) in [5.41, 5.74) is 0. The quantitative estimate of drug-likeness (QED) is 0.0314. The molecule has 0 rings (SSSR count). The maximum atomic E-state index is 12.4. The predicted molar refractivity (Wildman–Crippen MR) is 228 cm³/mol. The lowest BCUT2D eigenvalue weighted by atomic mass is 10.0. The number of hydrogen-bond donors (Lipinski definition) is 5. The van der Waals surface area contributed by atoms with Crippen LogP contribution >= 0.6 is 0 Å². The van der Waals surface area contributed by atoms with E-state index in [1.165, 1.54) is 199 Å². The molecule has 3 atom stereocenters. The molecule has 0 radical (unpaired) electrons. The number of carbonyl (C=O) groups is 1. The molecule has 5 N–H and O–H groups in total. The summed E-state index contributed by atoms with van der Waals surface area (Å²) in [5.74, 6) is -0.128. The lowest BCUT2D eigenvalue weighted by Gasteiger charge is -2.20. The van der Waals surface area contributed by atoms with E-state index in [0.29, 0.717) is 19.4 Å². The summed E-state index contributed by atoms with van der Waals surface area (Å²) in [6, 6.07) is -0.743. The van der Waals surface area contributed by atoms with Crippen molar-refractivity contribution in [3.05, 3.63) is 12.2 Å². The Hall–Kier alpha value is -0.950. The summed E-state index contributed by atoms with van der Waals surface area (Å²) in [4.78, 5) is 12.4. The number of rotatable bonds is 44. The van der Waals surface area contributed by atoms with Crippen LogP contribution in [0.4, 0.5) is 0 Å². The van der Waals surface area contributed by atoms with Gasteiger partial charge in [0.05, 0.1) is 24.9 Å². The zero-order valence-corrected chi connectivity index (χ0v) is 35.4. The minimum Gasteiger partial charge on any atom is -0.396 e. The first-order valence-electron chi connectivity index (χ1n) is 23.6. The molecule has 0 saturated heterocycles. The van der Waals surface area contributed by atoms with E-state index in [9.17, 15) is 20.1 Å². The van der Waals surface area contributed by atoms with Crippen molar-refractivity contribution < 1.29 is 25.2 Å². The summed E-state index contributed by atoms with van der Waals surface area (Å²) in [6.07, 6.45) is 49.4. The fourth-order valence-electron chi connectivity index (χ4n) is 7.47. The van der Waals surface area contributed by atoms with Crippen LogP contribution in [0, 0.1) is 0 Å². The van der Waals surface area contributed by atoms with Crippen LogP contribution in [0.15, 0.2) is 12.2 Å². The second kappa shape index (κ2) is 43.8. The molecule has 6 nitrogen and oxygen atoms in total. The topological polar surface area (TPSA) is 110 Å². The number of hydrogen-bond acceptors (Lipinski definition) is 5. The number of aliphatic hydroxyl groups is 4. The Morgan fingerprint density at radius 3 is 1.11 bits per heavy atom. The predicted octanol–water partition coefficient (Wildman–Crippen LogP) is 12.6. The Balaban J connectivity index is 3.51. The van der Waals surface area contributed by atoms with Gasteiger partial charge in [-0.2, -0.15) is 0 Å². The highest BCUT2D eigenvalue weighted by atomic mass is 16.3. The van der Waals surface area contributed by atoms with Gasteiger partial charge in [0.2, 0.25) is 5.91 Å². The molecule has 0 heterocycles. The fraction of sp³-hybridized carbons (Fsp3) is 0.936. The van der Waals surface area contributed by atoms with Crippen molar-refractivity contribution in [3.63, 3.8) is 0 Å². The molecule has 0 saturated carbocycles. The maximum Gasteiger partial charge on any atom is 0.220 e.